The second-order valence-electron chi connectivity index (χ2n) is 10.9. The molecule has 6 rings (SSSR count). The fourth-order valence-electron chi connectivity index (χ4n) is 6.19. The van der Waals surface area contributed by atoms with E-state index in [0.29, 0.717) is 48.1 Å². The predicted octanol–water partition coefficient (Wildman–Crippen LogP) is 8.45. The smallest absolute Gasteiger partial charge is 0.306 e. The lowest BCUT2D eigenvalue weighted by Crippen LogP contribution is -2.09. The maximum absolute atomic E-state index is 15.5. The second-order valence-corrected chi connectivity index (χ2v) is 11.4. The van der Waals surface area contributed by atoms with Crippen LogP contribution in [0.4, 0.5) is 4.39 Å². The highest BCUT2D eigenvalue weighted by atomic mass is 35.5. The van der Waals surface area contributed by atoms with Crippen molar-refractivity contribution in [2.24, 2.45) is 0 Å². The number of rotatable bonds is 8. The largest absolute Gasteiger partial charge is 0.492 e. The quantitative estimate of drug-likeness (QED) is 0.194. The Labute approximate surface area is 250 Å². The number of fused-ring (bicyclic) bond motifs is 2. The van der Waals surface area contributed by atoms with E-state index in [1.165, 1.54) is 13.2 Å². The van der Waals surface area contributed by atoms with Crippen LogP contribution in [0.15, 0.2) is 66.7 Å². The van der Waals surface area contributed by atoms with Crippen molar-refractivity contribution < 1.29 is 28.1 Å². The van der Waals surface area contributed by atoms with E-state index in [1.807, 2.05) is 74.5 Å². The van der Waals surface area contributed by atoms with E-state index >= 15 is 4.39 Å². The molecule has 0 bridgehead atoms. The molecule has 0 aromatic heterocycles. The molecule has 1 aliphatic heterocycles. The Bertz CT molecular complexity index is 1630. The first kappa shape index (κ1) is 28.1. The lowest BCUT2D eigenvalue weighted by atomic mass is 9.90. The lowest BCUT2D eigenvalue weighted by molar-refractivity contribution is -0.141. The zero-order valence-corrected chi connectivity index (χ0v) is 24.6. The van der Waals surface area contributed by atoms with E-state index in [-0.39, 0.29) is 24.1 Å². The van der Waals surface area contributed by atoms with Gasteiger partial charge in [-0.2, -0.15) is 0 Å². The van der Waals surface area contributed by atoms with Crippen LogP contribution in [0.1, 0.15) is 58.2 Å². The van der Waals surface area contributed by atoms with Gasteiger partial charge in [-0.1, -0.05) is 48.0 Å². The number of carbonyl (C=O) groups excluding carboxylic acids is 1. The molecule has 216 valence electrons. The van der Waals surface area contributed by atoms with E-state index in [0.717, 1.165) is 44.7 Å². The number of ether oxygens (including phenoxy) is 4. The molecule has 0 saturated heterocycles. The van der Waals surface area contributed by atoms with Crippen LogP contribution in [0.3, 0.4) is 0 Å². The van der Waals surface area contributed by atoms with Gasteiger partial charge in [-0.25, -0.2) is 4.39 Å². The van der Waals surface area contributed by atoms with Gasteiger partial charge in [-0.05, 0) is 78.8 Å². The fourth-order valence-corrected chi connectivity index (χ4v) is 6.49. The summed E-state index contributed by atoms with van der Waals surface area (Å²) in [4.78, 5) is 11.8. The van der Waals surface area contributed by atoms with Crippen LogP contribution in [0.25, 0.3) is 11.1 Å². The SMILES string of the molecule is COC(=O)CC1COc2cc(O[C@@H]3CCc4c(-c5c(C)cc(OCc6ccccc6)cc5C)c(Cl)cc(F)c43)ccc21. The molecule has 1 heterocycles. The lowest BCUT2D eigenvalue weighted by Gasteiger charge is -2.20. The van der Waals surface area contributed by atoms with Crippen molar-refractivity contribution in [3.8, 4) is 28.4 Å². The van der Waals surface area contributed by atoms with E-state index in [1.54, 1.807) is 0 Å². The first-order valence-electron chi connectivity index (χ1n) is 14.1. The van der Waals surface area contributed by atoms with Gasteiger partial charge < -0.3 is 18.9 Å². The second kappa shape index (κ2) is 11.7. The molecule has 7 heteroatoms. The number of methoxy groups -OCH3 is 1. The molecule has 1 unspecified atom stereocenters. The Kier molecular flexibility index (Phi) is 7.82. The summed E-state index contributed by atoms with van der Waals surface area (Å²) in [7, 11) is 1.38. The van der Waals surface area contributed by atoms with Crippen molar-refractivity contribution in [3.63, 3.8) is 0 Å². The molecule has 0 amide bonds. The van der Waals surface area contributed by atoms with Crippen LogP contribution in [0.2, 0.25) is 5.02 Å². The summed E-state index contributed by atoms with van der Waals surface area (Å²) < 4.78 is 38.6. The molecule has 0 saturated carbocycles. The molecule has 0 radical (unpaired) electrons. The molecule has 0 N–H and O–H groups in total. The van der Waals surface area contributed by atoms with Gasteiger partial charge in [-0.15, -0.1) is 0 Å². The number of aryl methyl sites for hydroxylation is 2. The molecular weight excluding hydrogens is 555 g/mol. The van der Waals surface area contributed by atoms with Crippen LogP contribution in [0, 0.1) is 19.7 Å². The Morgan fingerprint density at radius 3 is 2.50 bits per heavy atom. The molecule has 0 fully saturated rings. The fraction of sp³-hybridized carbons (Fsp3) is 0.286. The molecule has 2 aliphatic rings. The number of benzene rings is 4. The normalized spacial score (nSPS) is 16.9. The van der Waals surface area contributed by atoms with Crippen LogP contribution in [0.5, 0.6) is 17.2 Å². The van der Waals surface area contributed by atoms with Crippen LogP contribution < -0.4 is 14.2 Å². The highest BCUT2D eigenvalue weighted by molar-refractivity contribution is 6.33. The van der Waals surface area contributed by atoms with Crippen LogP contribution in [-0.4, -0.2) is 19.7 Å². The summed E-state index contributed by atoms with van der Waals surface area (Å²) in [6, 6.07) is 21.1. The minimum atomic E-state index is -0.463. The highest BCUT2D eigenvalue weighted by Gasteiger charge is 2.33. The maximum atomic E-state index is 15.5. The van der Waals surface area contributed by atoms with Gasteiger partial charge in [-0.3, -0.25) is 4.79 Å². The number of esters is 1. The Morgan fingerprint density at radius 2 is 1.76 bits per heavy atom. The van der Waals surface area contributed by atoms with Gasteiger partial charge in [0, 0.05) is 28.7 Å². The maximum Gasteiger partial charge on any atom is 0.306 e. The van der Waals surface area contributed by atoms with Gasteiger partial charge in [0.2, 0.25) is 0 Å². The third kappa shape index (κ3) is 5.43. The van der Waals surface area contributed by atoms with Gasteiger partial charge in [0.1, 0.15) is 35.8 Å². The van der Waals surface area contributed by atoms with Gasteiger partial charge >= 0.3 is 5.97 Å². The van der Waals surface area contributed by atoms with Gasteiger partial charge in [0.05, 0.1) is 25.2 Å². The zero-order valence-electron chi connectivity index (χ0n) is 23.8. The summed E-state index contributed by atoms with van der Waals surface area (Å²) >= 11 is 6.74. The summed E-state index contributed by atoms with van der Waals surface area (Å²) in [6.07, 6.45) is 1.06. The minimum absolute atomic E-state index is 0.0579. The molecule has 1 aliphatic carbocycles. The zero-order chi connectivity index (χ0) is 29.4. The highest BCUT2D eigenvalue weighted by Crippen LogP contribution is 2.47. The molecule has 2 atom stereocenters. The average Bonchev–Trinajstić information content (AvgIpc) is 3.57. The third-order valence-electron chi connectivity index (χ3n) is 8.14. The van der Waals surface area contributed by atoms with Crippen molar-refractivity contribution in [2.75, 3.05) is 13.7 Å². The van der Waals surface area contributed by atoms with Crippen molar-refractivity contribution in [2.45, 2.75) is 51.7 Å². The number of hydrogen-bond donors (Lipinski definition) is 0. The predicted molar refractivity (Wildman–Crippen MR) is 160 cm³/mol. The average molecular weight is 587 g/mol. The molecule has 0 spiro atoms. The summed E-state index contributed by atoms with van der Waals surface area (Å²) in [5.41, 5.74) is 7.33. The summed E-state index contributed by atoms with van der Waals surface area (Å²) in [6.45, 7) is 4.95. The topological polar surface area (TPSA) is 54.0 Å². The van der Waals surface area contributed by atoms with Crippen molar-refractivity contribution in [3.05, 3.63) is 111 Å². The van der Waals surface area contributed by atoms with Gasteiger partial charge in [0.25, 0.3) is 0 Å². The van der Waals surface area contributed by atoms with Crippen LogP contribution >= 0.6 is 11.6 Å². The summed E-state index contributed by atoms with van der Waals surface area (Å²) in [5, 5.41) is 0.388. The van der Waals surface area contributed by atoms with Crippen molar-refractivity contribution in [1.29, 1.82) is 0 Å². The monoisotopic (exact) mass is 586 g/mol. The summed E-state index contributed by atoms with van der Waals surface area (Å²) in [5.74, 6) is 1.35. The third-order valence-corrected chi connectivity index (χ3v) is 8.44. The number of hydrogen-bond acceptors (Lipinski definition) is 5. The number of carbonyl (C=O) groups is 1. The Balaban J connectivity index is 1.26. The van der Waals surface area contributed by atoms with E-state index in [4.69, 9.17) is 30.5 Å². The molecule has 4 aromatic carbocycles. The standard InChI is InChI=1S/C35H32ClFO5/c1-20-13-25(40-18-22-7-5-4-6-8-22)14-21(2)33(20)34-27-11-12-30(35(27)29(37)17-28(34)36)42-24-9-10-26-23(15-32(38)39-3)19-41-31(26)16-24/h4-10,13-14,16-17,23,30H,11-12,15,18-19H2,1-3H3/t23?,30-/m1/s1. The first-order chi connectivity index (χ1) is 20.3. The Morgan fingerprint density at radius 1 is 1.00 bits per heavy atom. The van der Waals surface area contributed by atoms with E-state index in [9.17, 15) is 4.79 Å². The number of halogens is 2. The van der Waals surface area contributed by atoms with Crippen LogP contribution in [-0.2, 0) is 22.6 Å². The van der Waals surface area contributed by atoms with Crippen molar-refractivity contribution >= 4 is 17.6 Å². The first-order valence-corrected chi connectivity index (χ1v) is 14.5. The Hall–Kier alpha value is -4.03. The minimum Gasteiger partial charge on any atom is -0.492 e. The van der Waals surface area contributed by atoms with E-state index in [2.05, 4.69) is 0 Å². The molecule has 5 nitrogen and oxygen atoms in total. The molecular formula is C35H32ClFO5. The molecule has 4 aromatic rings. The van der Waals surface area contributed by atoms with Crippen molar-refractivity contribution in [1.82, 2.24) is 0 Å². The van der Waals surface area contributed by atoms with E-state index < -0.39 is 6.10 Å². The van der Waals surface area contributed by atoms with Gasteiger partial charge in [0.15, 0.2) is 0 Å². The molecule has 42 heavy (non-hydrogen) atoms.